The van der Waals surface area contributed by atoms with Crippen molar-refractivity contribution >= 4 is 11.4 Å². The molecular formula is C11H10F3N3O2. The zero-order valence-corrected chi connectivity index (χ0v) is 9.91. The van der Waals surface area contributed by atoms with Crippen molar-refractivity contribution in [3.8, 4) is 11.8 Å². The Hall–Kier alpha value is -2.30. The molecule has 0 aliphatic carbocycles. The monoisotopic (exact) mass is 273 g/mol. The summed E-state index contributed by atoms with van der Waals surface area (Å²) in [7, 11) is 0. The Bertz CT molecular complexity index is 532. The molecule has 0 saturated carbocycles. The molecular weight excluding hydrogens is 263 g/mol. The molecule has 0 atom stereocenters. The average molecular weight is 273 g/mol. The summed E-state index contributed by atoms with van der Waals surface area (Å²) in [5.74, 6) is 5.30. The van der Waals surface area contributed by atoms with Crippen LogP contribution < -0.4 is 5.32 Å². The molecule has 1 heterocycles. The molecule has 1 aromatic heterocycles. The molecule has 0 aliphatic rings. The van der Waals surface area contributed by atoms with E-state index in [-0.39, 0.29) is 12.2 Å². The molecule has 0 unspecified atom stereocenters. The van der Waals surface area contributed by atoms with Gasteiger partial charge in [-0.25, -0.2) is 4.98 Å². The van der Waals surface area contributed by atoms with Crippen LogP contribution in [0.15, 0.2) is 12.3 Å². The third-order valence-corrected chi connectivity index (χ3v) is 2.11. The molecule has 19 heavy (non-hydrogen) atoms. The molecule has 1 aromatic rings. The minimum absolute atomic E-state index is 0.211. The average Bonchev–Trinajstić information content (AvgIpc) is 2.33. The number of nitrogens with zero attached hydrogens (tertiary/aromatic N) is 2. The molecule has 1 N–H and O–H groups in total. The first-order valence-electron chi connectivity index (χ1n) is 5.21. The zero-order valence-electron chi connectivity index (χ0n) is 9.91. The van der Waals surface area contributed by atoms with Gasteiger partial charge < -0.3 is 5.32 Å². The minimum Gasteiger partial charge on any atom is -0.378 e. The van der Waals surface area contributed by atoms with Crippen LogP contribution in [0.25, 0.3) is 0 Å². The van der Waals surface area contributed by atoms with Crippen molar-refractivity contribution in [1.29, 1.82) is 0 Å². The van der Waals surface area contributed by atoms with Gasteiger partial charge in [0.15, 0.2) is 0 Å². The lowest BCUT2D eigenvalue weighted by molar-refractivity contribution is -0.384. The second-order valence-corrected chi connectivity index (χ2v) is 3.45. The Kier molecular flexibility index (Phi) is 4.69. The van der Waals surface area contributed by atoms with E-state index in [1.807, 2.05) is 0 Å². The normalized spacial score (nSPS) is 10.5. The summed E-state index contributed by atoms with van der Waals surface area (Å²) >= 11 is 0. The van der Waals surface area contributed by atoms with Gasteiger partial charge in [-0.3, -0.25) is 10.1 Å². The number of anilines is 1. The Morgan fingerprint density at radius 3 is 2.74 bits per heavy atom. The van der Waals surface area contributed by atoms with E-state index in [4.69, 9.17) is 0 Å². The number of pyridine rings is 1. The maximum absolute atomic E-state index is 12.5. The highest BCUT2D eigenvalue weighted by Crippen LogP contribution is 2.32. The highest BCUT2D eigenvalue weighted by molar-refractivity contribution is 5.61. The Balaban J connectivity index is 3.01. The molecule has 8 heteroatoms. The number of nitro groups is 1. The summed E-state index contributed by atoms with van der Waals surface area (Å²) < 4.78 is 37.4. The first-order valence-corrected chi connectivity index (χ1v) is 5.21. The summed E-state index contributed by atoms with van der Waals surface area (Å²) in [5, 5.41) is 13.2. The predicted octanol–water partition coefficient (Wildman–Crippen LogP) is 2.83. The van der Waals surface area contributed by atoms with Crippen LogP contribution in [-0.2, 0) is 6.18 Å². The fourth-order valence-corrected chi connectivity index (χ4v) is 1.27. The molecule has 0 aliphatic heterocycles. The SMILES string of the molecule is CC#CCCNc1cc(C(F)(F)F)ncc1[N+](=O)[O-]. The van der Waals surface area contributed by atoms with E-state index in [1.165, 1.54) is 0 Å². The van der Waals surface area contributed by atoms with Crippen LogP contribution in [-0.4, -0.2) is 16.5 Å². The number of hydrogen-bond acceptors (Lipinski definition) is 4. The van der Waals surface area contributed by atoms with Gasteiger partial charge in [-0.05, 0) is 13.0 Å². The van der Waals surface area contributed by atoms with Gasteiger partial charge in [0, 0.05) is 13.0 Å². The predicted molar refractivity (Wildman–Crippen MR) is 62.5 cm³/mol. The summed E-state index contributed by atoms with van der Waals surface area (Å²) in [5.41, 5.74) is -1.90. The number of aromatic nitrogens is 1. The van der Waals surface area contributed by atoms with Crippen LogP contribution in [0.1, 0.15) is 19.0 Å². The molecule has 0 aromatic carbocycles. The van der Waals surface area contributed by atoms with E-state index >= 15 is 0 Å². The second-order valence-electron chi connectivity index (χ2n) is 3.45. The van der Waals surface area contributed by atoms with Gasteiger partial charge in [-0.15, -0.1) is 11.8 Å². The first kappa shape index (κ1) is 14.8. The third-order valence-electron chi connectivity index (χ3n) is 2.11. The quantitative estimate of drug-likeness (QED) is 0.396. The lowest BCUT2D eigenvalue weighted by atomic mass is 10.2. The van der Waals surface area contributed by atoms with Crippen molar-refractivity contribution in [3.63, 3.8) is 0 Å². The van der Waals surface area contributed by atoms with Gasteiger partial charge in [0.25, 0.3) is 0 Å². The summed E-state index contributed by atoms with van der Waals surface area (Å²) in [4.78, 5) is 12.9. The van der Waals surface area contributed by atoms with E-state index < -0.39 is 22.5 Å². The standard InChI is InChI=1S/C11H10F3N3O2/c1-2-3-4-5-15-8-6-10(11(12,13)14)16-7-9(8)17(18)19/h6-7H,4-5H2,1H3,(H,15,16). The highest BCUT2D eigenvalue weighted by atomic mass is 19.4. The maximum atomic E-state index is 12.5. The smallest absolute Gasteiger partial charge is 0.378 e. The van der Waals surface area contributed by atoms with Crippen LogP contribution >= 0.6 is 0 Å². The van der Waals surface area contributed by atoms with Crippen molar-refractivity contribution in [1.82, 2.24) is 4.98 Å². The number of rotatable bonds is 4. The number of nitrogens with one attached hydrogen (secondary N) is 1. The summed E-state index contributed by atoms with van der Waals surface area (Å²) in [6, 6.07) is 0.623. The molecule has 0 amide bonds. The van der Waals surface area contributed by atoms with E-state index in [1.54, 1.807) is 6.92 Å². The fourth-order valence-electron chi connectivity index (χ4n) is 1.27. The van der Waals surface area contributed by atoms with Gasteiger partial charge in [0.1, 0.15) is 17.6 Å². The zero-order chi connectivity index (χ0) is 14.5. The second kappa shape index (κ2) is 6.04. The van der Waals surface area contributed by atoms with E-state index in [9.17, 15) is 23.3 Å². The van der Waals surface area contributed by atoms with Crippen LogP contribution in [0.5, 0.6) is 0 Å². The van der Waals surface area contributed by atoms with E-state index in [0.29, 0.717) is 18.7 Å². The Labute approximate surface area is 107 Å². The van der Waals surface area contributed by atoms with Gasteiger partial charge >= 0.3 is 11.9 Å². The molecule has 0 spiro atoms. The van der Waals surface area contributed by atoms with Crippen LogP contribution in [0, 0.1) is 22.0 Å². The van der Waals surface area contributed by atoms with Gasteiger partial charge in [0.2, 0.25) is 0 Å². The molecule has 0 bridgehead atoms. The molecule has 1 rings (SSSR count). The van der Waals surface area contributed by atoms with Gasteiger partial charge in [0.05, 0.1) is 4.92 Å². The van der Waals surface area contributed by atoms with Gasteiger partial charge in [-0.1, -0.05) is 0 Å². The lowest BCUT2D eigenvalue weighted by Gasteiger charge is -2.09. The Morgan fingerprint density at radius 1 is 1.53 bits per heavy atom. The summed E-state index contributed by atoms with van der Waals surface area (Å²) in [6.07, 6.45) is -3.68. The number of alkyl halides is 3. The number of hydrogen-bond donors (Lipinski definition) is 1. The lowest BCUT2D eigenvalue weighted by Crippen LogP contribution is -2.11. The van der Waals surface area contributed by atoms with Gasteiger partial charge in [-0.2, -0.15) is 13.2 Å². The minimum atomic E-state index is -4.64. The molecule has 0 fully saturated rings. The topological polar surface area (TPSA) is 68.1 Å². The third kappa shape index (κ3) is 4.13. The Morgan fingerprint density at radius 2 is 2.21 bits per heavy atom. The molecule has 0 radical (unpaired) electrons. The summed E-state index contributed by atoms with van der Waals surface area (Å²) in [6.45, 7) is 1.83. The van der Waals surface area contributed by atoms with E-state index in [2.05, 4.69) is 22.1 Å². The van der Waals surface area contributed by atoms with Crippen molar-refractivity contribution in [2.24, 2.45) is 0 Å². The highest BCUT2D eigenvalue weighted by Gasteiger charge is 2.34. The largest absolute Gasteiger partial charge is 0.433 e. The van der Waals surface area contributed by atoms with Crippen molar-refractivity contribution in [2.75, 3.05) is 11.9 Å². The molecule has 0 saturated heterocycles. The molecule has 102 valence electrons. The van der Waals surface area contributed by atoms with Crippen LogP contribution in [0.3, 0.4) is 0 Å². The fraction of sp³-hybridized carbons (Fsp3) is 0.364. The van der Waals surface area contributed by atoms with Crippen molar-refractivity contribution < 1.29 is 18.1 Å². The van der Waals surface area contributed by atoms with Crippen LogP contribution in [0.2, 0.25) is 0 Å². The maximum Gasteiger partial charge on any atom is 0.433 e. The van der Waals surface area contributed by atoms with E-state index in [0.717, 1.165) is 0 Å². The van der Waals surface area contributed by atoms with Crippen LogP contribution in [0.4, 0.5) is 24.5 Å². The van der Waals surface area contributed by atoms with Crippen molar-refractivity contribution in [3.05, 3.63) is 28.1 Å². The molecule has 5 nitrogen and oxygen atoms in total. The number of halogens is 3. The van der Waals surface area contributed by atoms with Crippen molar-refractivity contribution in [2.45, 2.75) is 19.5 Å². The first-order chi connectivity index (χ1) is 8.86.